The standard InChI is InChI=1S/C25H33NO4.C24H31NO4/c1-18-7-6-8-19(2)24(18)29-21-11-9-20(10-12-21)22-17-26(15-16-28-22)14-13-23(27)30-25(3,4)5;1-18-7-5-6-8-21(18)28-20-11-9-19(10-12-20)22-17-25(15-16-27-22)14-13-23(26)29-24(2,3)4/h6-12,22H,13-17H2,1-5H3;5-12,22H,13-17H2,1-4H3. The molecule has 0 radical (unpaired) electrons. The van der Waals surface area contributed by atoms with Crippen LogP contribution in [-0.4, -0.2) is 85.4 Å². The van der Waals surface area contributed by atoms with E-state index in [1.807, 2.05) is 103 Å². The van der Waals surface area contributed by atoms with Gasteiger partial charge in [-0.15, -0.1) is 0 Å². The molecular formula is C49H64N2O8. The van der Waals surface area contributed by atoms with Crippen LogP contribution >= 0.6 is 0 Å². The van der Waals surface area contributed by atoms with Gasteiger partial charge in [-0.25, -0.2) is 0 Å². The maximum Gasteiger partial charge on any atom is 0.307 e. The number of para-hydroxylation sites is 2. The molecule has 2 fully saturated rings. The maximum atomic E-state index is 12.0. The number of morpholine rings is 2. The Morgan fingerprint density at radius 1 is 0.576 bits per heavy atom. The fourth-order valence-electron chi connectivity index (χ4n) is 6.88. The Morgan fingerprint density at radius 2 is 1.00 bits per heavy atom. The first-order valence-electron chi connectivity index (χ1n) is 20.8. The highest BCUT2D eigenvalue weighted by molar-refractivity contribution is 5.70. The van der Waals surface area contributed by atoms with Crippen molar-refractivity contribution in [2.45, 2.75) is 98.6 Å². The van der Waals surface area contributed by atoms with Gasteiger partial charge in [-0.3, -0.25) is 19.4 Å². The Balaban J connectivity index is 0.000000224. The summed E-state index contributed by atoms with van der Waals surface area (Å²) < 4.78 is 34.8. The van der Waals surface area contributed by atoms with Crippen LogP contribution < -0.4 is 9.47 Å². The number of rotatable bonds is 12. The molecule has 10 nitrogen and oxygen atoms in total. The number of carbonyl (C=O) groups is 2. The van der Waals surface area contributed by atoms with Crippen molar-refractivity contribution in [1.29, 1.82) is 0 Å². The molecule has 6 rings (SSSR count). The molecule has 4 aromatic rings. The van der Waals surface area contributed by atoms with Crippen LogP contribution in [-0.2, 0) is 28.5 Å². The third kappa shape index (κ3) is 15.1. The van der Waals surface area contributed by atoms with Gasteiger partial charge in [0.15, 0.2) is 0 Å². The summed E-state index contributed by atoms with van der Waals surface area (Å²) in [6.07, 6.45) is 0.779. The zero-order valence-corrected chi connectivity index (χ0v) is 36.5. The van der Waals surface area contributed by atoms with E-state index in [0.717, 1.165) is 77.0 Å². The topological polar surface area (TPSA) is 96.0 Å². The lowest BCUT2D eigenvalue weighted by molar-refractivity contribution is -0.156. The van der Waals surface area contributed by atoms with Crippen LogP contribution in [0.5, 0.6) is 23.0 Å². The normalized spacial score (nSPS) is 17.6. The lowest BCUT2D eigenvalue weighted by atomic mass is 10.1. The summed E-state index contributed by atoms with van der Waals surface area (Å²) in [5, 5.41) is 0. The average Bonchev–Trinajstić information content (AvgIpc) is 3.18. The van der Waals surface area contributed by atoms with Gasteiger partial charge in [-0.05, 0) is 120 Å². The average molecular weight is 809 g/mol. The van der Waals surface area contributed by atoms with Crippen LogP contribution in [0.1, 0.15) is 94.4 Å². The molecule has 0 N–H and O–H groups in total. The Morgan fingerprint density at radius 3 is 1.44 bits per heavy atom. The van der Waals surface area contributed by atoms with Crippen LogP contribution in [0, 0.1) is 20.8 Å². The van der Waals surface area contributed by atoms with Crippen molar-refractivity contribution < 1.29 is 38.0 Å². The van der Waals surface area contributed by atoms with Crippen LogP contribution in [0.15, 0.2) is 91.0 Å². The Hall–Kier alpha value is -4.74. The van der Waals surface area contributed by atoms with Crippen molar-refractivity contribution >= 4 is 11.9 Å². The van der Waals surface area contributed by atoms with E-state index in [-0.39, 0.29) is 24.1 Å². The van der Waals surface area contributed by atoms with Crippen molar-refractivity contribution in [2.24, 2.45) is 0 Å². The number of esters is 2. The van der Waals surface area contributed by atoms with Gasteiger partial charge in [0.25, 0.3) is 0 Å². The number of hydrogen-bond donors (Lipinski definition) is 0. The van der Waals surface area contributed by atoms with Gasteiger partial charge in [0, 0.05) is 39.3 Å². The van der Waals surface area contributed by atoms with Gasteiger partial charge >= 0.3 is 11.9 Å². The second-order valence-corrected chi connectivity index (χ2v) is 17.3. The van der Waals surface area contributed by atoms with Crippen LogP contribution in [0.2, 0.25) is 0 Å². The Bertz CT molecular complexity index is 1930. The zero-order chi connectivity index (χ0) is 42.6. The predicted octanol–water partition coefficient (Wildman–Crippen LogP) is 10.1. The number of hydrogen-bond acceptors (Lipinski definition) is 10. The Kier molecular flexibility index (Phi) is 16.1. The minimum absolute atomic E-state index is 0.00472. The van der Waals surface area contributed by atoms with Gasteiger partial charge in [0.2, 0.25) is 0 Å². The second kappa shape index (κ2) is 21.0. The minimum Gasteiger partial charge on any atom is -0.460 e. The SMILES string of the molecule is Cc1cccc(C)c1Oc1ccc(C2CN(CCC(=O)OC(C)(C)C)CCO2)cc1.Cc1ccccc1Oc1ccc(C2CN(CCC(=O)OC(C)(C)C)CCO2)cc1. The van der Waals surface area contributed by atoms with E-state index in [0.29, 0.717) is 39.1 Å². The highest BCUT2D eigenvalue weighted by Gasteiger charge is 2.25. The lowest BCUT2D eigenvalue weighted by Gasteiger charge is -2.33. The van der Waals surface area contributed by atoms with Crippen molar-refractivity contribution in [3.05, 3.63) is 119 Å². The first kappa shape index (κ1) is 45.3. The fourth-order valence-corrected chi connectivity index (χ4v) is 6.88. The molecule has 10 heteroatoms. The molecule has 2 atom stereocenters. The molecule has 0 aromatic heterocycles. The van der Waals surface area contributed by atoms with Gasteiger partial charge in [-0.1, -0.05) is 60.7 Å². The molecule has 2 saturated heterocycles. The number of carbonyl (C=O) groups excluding carboxylic acids is 2. The highest BCUT2D eigenvalue weighted by atomic mass is 16.6. The molecule has 4 aromatic carbocycles. The lowest BCUT2D eigenvalue weighted by Crippen LogP contribution is -2.39. The third-order valence-corrected chi connectivity index (χ3v) is 9.86. The van der Waals surface area contributed by atoms with E-state index in [9.17, 15) is 9.59 Å². The molecule has 0 saturated carbocycles. The summed E-state index contributed by atoms with van der Waals surface area (Å²) in [6, 6.07) is 30.3. The molecule has 0 amide bonds. The van der Waals surface area contributed by atoms with E-state index >= 15 is 0 Å². The van der Waals surface area contributed by atoms with Crippen molar-refractivity contribution in [3.8, 4) is 23.0 Å². The molecule has 0 spiro atoms. The summed E-state index contributed by atoms with van der Waals surface area (Å²) in [4.78, 5) is 28.5. The van der Waals surface area contributed by atoms with Crippen molar-refractivity contribution in [3.63, 3.8) is 0 Å². The summed E-state index contributed by atoms with van der Waals surface area (Å²) in [6.45, 7) is 23.3. The van der Waals surface area contributed by atoms with Crippen molar-refractivity contribution in [2.75, 3.05) is 52.5 Å². The molecule has 59 heavy (non-hydrogen) atoms. The monoisotopic (exact) mass is 808 g/mol. The highest BCUT2D eigenvalue weighted by Crippen LogP contribution is 2.31. The Labute approximate surface area is 351 Å². The van der Waals surface area contributed by atoms with E-state index < -0.39 is 11.2 Å². The van der Waals surface area contributed by atoms with Crippen LogP contribution in [0.4, 0.5) is 0 Å². The smallest absolute Gasteiger partial charge is 0.307 e. The molecule has 0 bridgehead atoms. The number of aryl methyl sites for hydroxylation is 3. The molecule has 0 aliphatic carbocycles. The van der Waals surface area contributed by atoms with E-state index in [1.165, 1.54) is 0 Å². The van der Waals surface area contributed by atoms with Gasteiger partial charge in [-0.2, -0.15) is 0 Å². The van der Waals surface area contributed by atoms with Gasteiger partial charge in [0.1, 0.15) is 34.2 Å². The predicted molar refractivity (Wildman–Crippen MR) is 231 cm³/mol. The van der Waals surface area contributed by atoms with E-state index in [2.05, 4.69) is 60.0 Å². The van der Waals surface area contributed by atoms with E-state index in [1.54, 1.807) is 0 Å². The van der Waals surface area contributed by atoms with Crippen LogP contribution in [0.25, 0.3) is 0 Å². The molecule has 318 valence electrons. The molecule has 2 unspecified atom stereocenters. The number of ether oxygens (including phenoxy) is 6. The van der Waals surface area contributed by atoms with Gasteiger partial charge < -0.3 is 28.4 Å². The largest absolute Gasteiger partial charge is 0.460 e. The quantitative estimate of drug-likeness (QED) is 0.129. The zero-order valence-electron chi connectivity index (χ0n) is 36.5. The summed E-state index contributed by atoms with van der Waals surface area (Å²) in [7, 11) is 0. The number of nitrogens with zero attached hydrogens (tertiary/aromatic N) is 2. The maximum absolute atomic E-state index is 12.0. The van der Waals surface area contributed by atoms with Gasteiger partial charge in [0.05, 0.1) is 38.3 Å². The van der Waals surface area contributed by atoms with E-state index in [4.69, 9.17) is 28.4 Å². The molecule has 2 aliphatic rings. The summed E-state index contributed by atoms with van der Waals surface area (Å²) in [5.74, 6) is 3.08. The summed E-state index contributed by atoms with van der Waals surface area (Å²) in [5.41, 5.74) is 4.70. The number of benzene rings is 4. The molecule has 2 heterocycles. The molecule has 2 aliphatic heterocycles. The first-order valence-corrected chi connectivity index (χ1v) is 20.8. The second-order valence-electron chi connectivity index (χ2n) is 17.3. The van der Waals surface area contributed by atoms with Crippen molar-refractivity contribution in [1.82, 2.24) is 9.80 Å². The first-order chi connectivity index (χ1) is 28.0. The minimum atomic E-state index is -0.439. The molecular weight excluding hydrogens is 745 g/mol. The van der Waals surface area contributed by atoms with Crippen LogP contribution in [0.3, 0.4) is 0 Å². The fraction of sp³-hybridized carbons (Fsp3) is 0.469. The summed E-state index contributed by atoms with van der Waals surface area (Å²) >= 11 is 0. The third-order valence-electron chi connectivity index (χ3n) is 9.86.